The molecule has 110 valence electrons. The number of halogens is 2. The number of nitrogens with zero attached hydrogens (tertiary/aromatic N) is 1. The molecular formula is C18H19Cl2N. The van der Waals surface area contributed by atoms with Crippen molar-refractivity contribution in [3.63, 3.8) is 0 Å². The second-order valence-electron chi connectivity index (χ2n) is 6.14. The van der Waals surface area contributed by atoms with Gasteiger partial charge in [-0.25, -0.2) is 0 Å². The lowest BCUT2D eigenvalue weighted by Crippen LogP contribution is -2.46. The fraction of sp³-hybridized carbons (Fsp3) is 0.333. The molecule has 2 aromatic rings. The van der Waals surface area contributed by atoms with Gasteiger partial charge in [0, 0.05) is 28.7 Å². The van der Waals surface area contributed by atoms with E-state index in [0.29, 0.717) is 0 Å². The normalized spacial score (nSPS) is 17.5. The average molecular weight is 320 g/mol. The van der Waals surface area contributed by atoms with Gasteiger partial charge in [-0.15, -0.1) is 0 Å². The first-order valence-electron chi connectivity index (χ1n) is 7.26. The zero-order valence-electron chi connectivity index (χ0n) is 12.4. The van der Waals surface area contributed by atoms with E-state index in [-0.39, 0.29) is 5.54 Å². The summed E-state index contributed by atoms with van der Waals surface area (Å²) in [5.74, 6) is 0. The molecule has 0 aliphatic carbocycles. The van der Waals surface area contributed by atoms with E-state index in [1.54, 1.807) is 0 Å². The van der Waals surface area contributed by atoms with Gasteiger partial charge in [0.15, 0.2) is 0 Å². The molecule has 0 N–H and O–H groups in total. The van der Waals surface area contributed by atoms with Crippen LogP contribution in [0.25, 0.3) is 0 Å². The van der Waals surface area contributed by atoms with Gasteiger partial charge in [0.05, 0.1) is 0 Å². The second kappa shape index (κ2) is 5.64. The molecule has 21 heavy (non-hydrogen) atoms. The molecule has 1 heterocycles. The molecule has 3 rings (SSSR count). The molecule has 0 amide bonds. The third-order valence-electron chi connectivity index (χ3n) is 4.41. The molecule has 0 aromatic heterocycles. The van der Waals surface area contributed by atoms with Crippen LogP contribution in [0.5, 0.6) is 0 Å². The molecule has 3 heteroatoms. The van der Waals surface area contributed by atoms with E-state index in [0.717, 1.165) is 29.6 Å². The van der Waals surface area contributed by atoms with Gasteiger partial charge < -0.3 is 0 Å². The van der Waals surface area contributed by atoms with E-state index < -0.39 is 0 Å². The highest BCUT2D eigenvalue weighted by Gasteiger charge is 2.36. The molecule has 0 bridgehead atoms. The third kappa shape index (κ3) is 2.83. The van der Waals surface area contributed by atoms with Crippen LogP contribution in [0, 0.1) is 0 Å². The standard InChI is InChI=1S/C18H19Cl2N/c1-18(2)17-14(10-15(19)11-16(17)20)8-9-21(18)12-13-6-4-3-5-7-13/h3-7,10-11H,8-9,12H2,1-2H3. The minimum atomic E-state index is -0.0922. The molecule has 1 nitrogen and oxygen atoms in total. The molecule has 0 fully saturated rings. The number of benzene rings is 2. The van der Waals surface area contributed by atoms with Gasteiger partial charge in [-0.05, 0) is 49.1 Å². The van der Waals surface area contributed by atoms with Gasteiger partial charge in [-0.3, -0.25) is 4.90 Å². The summed E-state index contributed by atoms with van der Waals surface area (Å²) in [6, 6.07) is 14.5. The molecule has 0 radical (unpaired) electrons. The quantitative estimate of drug-likeness (QED) is 0.727. The van der Waals surface area contributed by atoms with Crippen LogP contribution in [0.15, 0.2) is 42.5 Å². The van der Waals surface area contributed by atoms with E-state index in [9.17, 15) is 0 Å². The van der Waals surface area contributed by atoms with Crippen LogP contribution in [0.3, 0.4) is 0 Å². The van der Waals surface area contributed by atoms with Crippen molar-refractivity contribution < 1.29 is 0 Å². The van der Waals surface area contributed by atoms with Crippen molar-refractivity contribution in [1.29, 1.82) is 0 Å². The minimum absolute atomic E-state index is 0.0922. The van der Waals surface area contributed by atoms with Crippen LogP contribution < -0.4 is 0 Å². The summed E-state index contributed by atoms with van der Waals surface area (Å²) in [5, 5.41) is 1.51. The Morgan fingerprint density at radius 2 is 1.81 bits per heavy atom. The zero-order chi connectivity index (χ0) is 15.0. The summed E-state index contributed by atoms with van der Waals surface area (Å²) in [4.78, 5) is 2.49. The van der Waals surface area contributed by atoms with Gasteiger partial charge in [-0.1, -0.05) is 53.5 Å². The van der Waals surface area contributed by atoms with E-state index in [4.69, 9.17) is 23.2 Å². The number of fused-ring (bicyclic) bond motifs is 1. The van der Waals surface area contributed by atoms with Crippen molar-refractivity contribution in [2.75, 3.05) is 6.54 Å². The Kier molecular flexibility index (Phi) is 4.00. The Morgan fingerprint density at radius 1 is 1.10 bits per heavy atom. The predicted octanol–water partition coefficient (Wildman–Crippen LogP) is 5.29. The van der Waals surface area contributed by atoms with Crippen molar-refractivity contribution >= 4 is 23.2 Å². The van der Waals surface area contributed by atoms with E-state index in [1.807, 2.05) is 6.07 Å². The van der Waals surface area contributed by atoms with Gasteiger partial charge in [-0.2, -0.15) is 0 Å². The Morgan fingerprint density at radius 3 is 2.52 bits per heavy atom. The Labute approximate surface area is 136 Å². The Hall–Kier alpha value is -1.02. The largest absolute Gasteiger partial charge is 0.290 e. The van der Waals surface area contributed by atoms with E-state index >= 15 is 0 Å². The molecule has 0 atom stereocenters. The maximum Gasteiger partial charge on any atom is 0.0474 e. The van der Waals surface area contributed by atoms with Crippen LogP contribution in [0.1, 0.15) is 30.5 Å². The number of hydrogen-bond acceptors (Lipinski definition) is 1. The Balaban J connectivity index is 1.96. The topological polar surface area (TPSA) is 3.24 Å². The van der Waals surface area contributed by atoms with Crippen LogP contribution >= 0.6 is 23.2 Å². The lowest BCUT2D eigenvalue weighted by atomic mass is 9.83. The van der Waals surface area contributed by atoms with Crippen LogP contribution in [-0.2, 0) is 18.5 Å². The third-order valence-corrected chi connectivity index (χ3v) is 4.92. The van der Waals surface area contributed by atoms with E-state index in [1.165, 1.54) is 16.7 Å². The predicted molar refractivity (Wildman–Crippen MR) is 90.0 cm³/mol. The van der Waals surface area contributed by atoms with Gasteiger partial charge in [0.2, 0.25) is 0 Å². The van der Waals surface area contributed by atoms with Gasteiger partial charge >= 0.3 is 0 Å². The fourth-order valence-electron chi connectivity index (χ4n) is 3.28. The summed E-state index contributed by atoms with van der Waals surface area (Å²) in [7, 11) is 0. The maximum atomic E-state index is 6.49. The first kappa shape index (κ1) is 14.9. The SMILES string of the molecule is CC1(C)c2c(Cl)cc(Cl)cc2CCN1Cc1ccccc1. The highest BCUT2D eigenvalue weighted by Crippen LogP contribution is 2.41. The Bertz CT molecular complexity index is 650. The summed E-state index contributed by atoms with van der Waals surface area (Å²) in [6.45, 7) is 6.44. The van der Waals surface area contributed by atoms with Crippen LogP contribution in [0.4, 0.5) is 0 Å². The summed E-state index contributed by atoms with van der Waals surface area (Å²) in [6.07, 6.45) is 0.992. The van der Waals surface area contributed by atoms with Gasteiger partial charge in [0.25, 0.3) is 0 Å². The fourth-order valence-corrected chi connectivity index (χ4v) is 4.05. The molecule has 0 spiro atoms. The lowest BCUT2D eigenvalue weighted by molar-refractivity contribution is 0.0984. The molecular weight excluding hydrogens is 301 g/mol. The van der Waals surface area contributed by atoms with Crippen molar-refractivity contribution in [2.45, 2.75) is 32.4 Å². The summed E-state index contributed by atoms with van der Waals surface area (Å²) >= 11 is 12.6. The molecule has 0 saturated carbocycles. The molecule has 2 aromatic carbocycles. The van der Waals surface area contributed by atoms with Crippen molar-refractivity contribution in [3.8, 4) is 0 Å². The van der Waals surface area contributed by atoms with Gasteiger partial charge in [0.1, 0.15) is 0 Å². The summed E-state index contributed by atoms with van der Waals surface area (Å²) < 4.78 is 0. The first-order valence-corrected chi connectivity index (χ1v) is 8.01. The number of rotatable bonds is 2. The minimum Gasteiger partial charge on any atom is -0.290 e. The van der Waals surface area contributed by atoms with Crippen LogP contribution in [-0.4, -0.2) is 11.4 Å². The first-order chi connectivity index (χ1) is 9.98. The average Bonchev–Trinajstić information content (AvgIpc) is 2.42. The van der Waals surface area contributed by atoms with Crippen molar-refractivity contribution in [1.82, 2.24) is 4.90 Å². The smallest absolute Gasteiger partial charge is 0.0474 e. The molecule has 1 aliphatic heterocycles. The molecule has 0 unspecified atom stereocenters. The second-order valence-corrected chi connectivity index (χ2v) is 6.98. The molecule has 1 aliphatic rings. The van der Waals surface area contributed by atoms with E-state index in [2.05, 4.69) is 55.1 Å². The highest BCUT2D eigenvalue weighted by molar-refractivity contribution is 6.35. The zero-order valence-corrected chi connectivity index (χ0v) is 13.9. The summed E-state index contributed by atoms with van der Waals surface area (Å²) in [5.41, 5.74) is 3.74. The molecule has 0 saturated heterocycles. The van der Waals surface area contributed by atoms with Crippen LogP contribution in [0.2, 0.25) is 10.0 Å². The van der Waals surface area contributed by atoms with Crippen molar-refractivity contribution in [3.05, 3.63) is 69.2 Å². The number of hydrogen-bond donors (Lipinski definition) is 0. The monoisotopic (exact) mass is 319 g/mol. The maximum absolute atomic E-state index is 6.49. The van der Waals surface area contributed by atoms with Crippen molar-refractivity contribution in [2.24, 2.45) is 0 Å². The highest BCUT2D eigenvalue weighted by atomic mass is 35.5. The lowest BCUT2D eigenvalue weighted by Gasteiger charge is -2.44.